The number of carbonyl (C=O) groups is 1. The lowest BCUT2D eigenvalue weighted by atomic mass is 10.1. The minimum absolute atomic E-state index is 0.382. The molecule has 0 aliphatic rings. The Kier molecular flexibility index (Phi) is 9.44. The molecule has 1 aromatic heterocycles. The van der Waals surface area contributed by atoms with Gasteiger partial charge in [0.2, 0.25) is 0 Å². The highest BCUT2D eigenvalue weighted by Crippen LogP contribution is 2.24. The molecule has 1 aromatic carbocycles. The first-order chi connectivity index (χ1) is 13.2. The van der Waals surface area contributed by atoms with Crippen molar-refractivity contribution in [2.75, 3.05) is 0 Å². The van der Waals surface area contributed by atoms with Crippen molar-refractivity contribution >= 4 is 16.9 Å². The molecule has 3 nitrogen and oxygen atoms in total. The summed E-state index contributed by atoms with van der Waals surface area (Å²) in [4.78, 5) is 11.3. The van der Waals surface area contributed by atoms with Crippen LogP contribution >= 0.6 is 0 Å². The molecule has 3 heteroatoms. The monoisotopic (exact) mass is 371 g/mol. The highest BCUT2D eigenvalue weighted by Gasteiger charge is 2.11. The summed E-state index contributed by atoms with van der Waals surface area (Å²) < 4.78 is 2.36. The molecular weight excluding hydrogens is 334 g/mol. The predicted molar refractivity (Wildman–Crippen MR) is 115 cm³/mol. The number of carboxylic acids is 1. The molecule has 0 amide bonds. The molecular formula is C24H37NO2. The van der Waals surface area contributed by atoms with Crippen LogP contribution in [0.25, 0.3) is 10.9 Å². The molecule has 0 fully saturated rings. The number of benzene rings is 1. The minimum Gasteiger partial charge on any atom is -0.478 e. The third-order valence-corrected chi connectivity index (χ3v) is 5.51. The topological polar surface area (TPSA) is 42.2 Å². The lowest BCUT2D eigenvalue weighted by molar-refractivity contribution is 0.0697. The van der Waals surface area contributed by atoms with Crippen LogP contribution in [-0.2, 0) is 13.0 Å². The van der Waals surface area contributed by atoms with Crippen LogP contribution in [0.3, 0.4) is 0 Å². The Hall–Kier alpha value is -1.77. The molecule has 0 unspecified atom stereocenters. The molecule has 0 spiro atoms. The number of aromatic carboxylic acids is 1. The van der Waals surface area contributed by atoms with Gasteiger partial charge in [0.05, 0.1) is 5.56 Å². The van der Waals surface area contributed by atoms with Crippen LogP contribution in [-0.4, -0.2) is 15.6 Å². The Morgan fingerprint density at radius 1 is 0.852 bits per heavy atom. The van der Waals surface area contributed by atoms with Gasteiger partial charge in [-0.3, -0.25) is 0 Å². The Labute approximate surface area is 164 Å². The molecule has 0 aliphatic carbocycles. The second kappa shape index (κ2) is 11.8. The van der Waals surface area contributed by atoms with Crippen molar-refractivity contribution in [2.24, 2.45) is 0 Å². The predicted octanol–water partition coefficient (Wildman–Crippen LogP) is 7.21. The van der Waals surface area contributed by atoms with Crippen molar-refractivity contribution in [1.82, 2.24) is 4.57 Å². The SMILES string of the molecule is CCCCCCCCCCCc1cc2ccc(C(=O)O)cc2n1CCCC. The standard InChI is InChI=1S/C24H37NO2/c1-3-5-7-8-9-10-11-12-13-14-22-18-20-15-16-21(24(26)27)19-23(20)25(22)17-6-4-2/h15-16,18-19H,3-14,17H2,1-2H3,(H,26,27). The Balaban J connectivity index is 1.91. The highest BCUT2D eigenvalue weighted by atomic mass is 16.4. The number of fused-ring (bicyclic) bond motifs is 1. The molecule has 2 rings (SSSR count). The zero-order chi connectivity index (χ0) is 19.5. The van der Waals surface area contributed by atoms with Gasteiger partial charge in [-0.05, 0) is 42.8 Å². The average molecular weight is 372 g/mol. The van der Waals surface area contributed by atoms with Crippen LogP contribution in [0.4, 0.5) is 0 Å². The lowest BCUT2D eigenvalue weighted by Gasteiger charge is -2.11. The van der Waals surface area contributed by atoms with Gasteiger partial charge >= 0.3 is 5.97 Å². The van der Waals surface area contributed by atoms with E-state index in [9.17, 15) is 9.90 Å². The summed E-state index contributed by atoms with van der Waals surface area (Å²) in [6.07, 6.45) is 15.5. The Bertz CT molecular complexity index is 702. The molecule has 0 saturated carbocycles. The number of aromatic nitrogens is 1. The third-order valence-electron chi connectivity index (χ3n) is 5.51. The van der Waals surface area contributed by atoms with Crippen molar-refractivity contribution < 1.29 is 9.90 Å². The summed E-state index contributed by atoms with van der Waals surface area (Å²) in [6, 6.07) is 7.78. The van der Waals surface area contributed by atoms with Gasteiger partial charge < -0.3 is 9.67 Å². The first-order valence-electron chi connectivity index (χ1n) is 11.0. The maximum Gasteiger partial charge on any atom is 0.335 e. The summed E-state index contributed by atoms with van der Waals surface area (Å²) in [5, 5.41) is 10.5. The summed E-state index contributed by atoms with van der Waals surface area (Å²) in [6.45, 7) is 5.45. The van der Waals surface area contributed by atoms with Gasteiger partial charge in [-0.25, -0.2) is 4.79 Å². The first kappa shape index (κ1) is 21.5. The summed E-state index contributed by atoms with van der Waals surface area (Å²) in [7, 11) is 0. The first-order valence-corrected chi connectivity index (χ1v) is 11.0. The number of unbranched alkanes of at least 4 members (excludes halogenated alkanes) is 9. The zero-order valence-corrected chi connectivity index (χ0v) is 17.3. The third kappa shape index (κ3) is 6.71. The summed E-state index contributed by atoms with van der Waals surface area (Å²) >= 11 is 0. The summed E-state index contributed by atoms with van der Waals surface area (Å²) in [5.41, 5.74) is 2.83. The molecule has 0 atom stereocenters. The normalized spacial score (nSPS) is 11.3. The van der Waals surface area contributed by atoms with Gasteiger partial charge in [0.15, 0.2) is 0 Å². The molecule has 27 heavy (non-hydrogen) atoms. The van der Waals surface area contributed by atoms with Crippen LogP contribution in [0.5, 0.6) is 0 Å². The second-order valence-corrected chi connectivity index (χ2v) is 7.80. The average Bonchev–Trinajstić information content (AvgIpc) is 3.01. The maximum atomic E-state index is 11.3. The van der Waals surface area contributed by atoms with E-state index >= 15 is 0 Å². The van der Waals surface area contributed by atoms with Crippen LogP contribution in [0, 0.1) is 0 Å². The number of rotatable bonds is 14. The van der Waals surface area contributed by atoms with Gasteiger partial charge in [0.1, 0.15) is 0 Å². The van der Waals surface area contributed by atoms with E-state index in [-0.39, 0.29) is 0 Å². The maximum absolute atomic E-state index is 11.3. The van der Waals surface area contributed by atoms with Crippen molar-refractivity contribution in [2.45, 2.75) is 97.4 Å². The molecule has 1 heterocycles. The fourth-order valence-corrected chi connectivity index (χ4v) is 3.85. The Morgan fingerprint density at radius 2 is 1.48 bits per heavy atom. The highest BCUT2D eigenvalue weighted by molar-refractivity contribution is 5.93. The molecule has 2 aromatic rings. The second-order valence-electron chi connectivity index (χ2n) is 7.80. The van der Waals surface area contributed by atoms with E-state index < -0.39 is 5.97 Å². The number of hydrogen-bond acceptors (Lipinski definition) is 1. The van der Waals surface area contributed by atoms with E-state index in [2.05, 4.69) is 24.5 Å². The number of nitrogens with zero attached hydrogens (tertiary/aromatic N) is 1. The van der Waals surface area contributed by atoms with Crippen molar-refractivity contribution in [3.63, 3.8) is 0 Å². The molecule has 150 valence electrons. The molecule has 1 N–H and O–H groups in total. The van der Waals surface area contributed by atoms with Crippen molar-refractivity contribution in [3.05, 3.63) is 35.5 Å². The number of carboxylic acid groups (broad SMARTS) is 1. The number of hydrogen-bond donors (Lipinski definition) is 1. The fourth-order valence-electron chi connectivity index (χ4n) is 3.85. The van der Waals surface area contributed by atoms with Crippen LogP contribution in [0.15, 0.2) is 24.3 Å². The quantitative estimate of drug-likeness (QED) is 0.356. The van der Waals surface area contributed by atoms with Crippen LogP contribution in [0.2, 0.25) is 0 Å². The molecule has 0 saturated heterocycles. The van der Waals surface area contributed by atoms with E-state index in [1.54, 1.807) is 6.07 Å². The van der Waals surface area contributed by atoms with Crippen molar-refractivity contribution in [3.8, 4) is 0 Å². The van der Waals surface area contributed by atoms with E-state index in [4.69, 9.17) is 0 Å². The Morgan fingerprint density at radius 3 is 2.11 bits per heavy atom. The largest absolute Gasteiger partial charge is 0.478 e. The lowest BCUT2D eigenvalue weighted by Crippen LogP contribution is -2.04. The van der Waals surface area contributed by atoms with Gasteiger partial charge in [0, 0.05) is 17.8 Å². The molecule has 0 radical (unpaired) electrons. The van der Waals surface area contributed by atoms with Crippen LogP contribution < -0.4 is 0 Å². The van der Waals surface area contributed by atoms with E-state index in [0.29, 0.717) is 5.56 Å². The van der Waals surface area contributed by atoms with E-state index in [0.717, 1.165) is 31.3 Å². The van der Waals surface area contributed by atoms with Gasteiger partial charge in [-0.15, -0.1) is 0 Å². The van der Waals surface area contributed by atoms with E-state index in [1.165, 1.54) is 68.9 Å². The minimum atomic E-state index is -0.847. The molecule has 0 bridgehead atoms. The van der Waals surface area contributed by atoms with Crippen LogP contribution in [0.1, 0.15) is 101 Å². The van der Waals surface area contributed by atoms with Gasteiger partial charge in [-0.1, -0.05) is 77.7 Å². The summed E-state index contributed by atoms with van der Waals surface area (Å²) in [5.74, 6) is -0.847. The zero-order valence-electron chi connectivity index (χ0n) is 17.3. The fraction of sp³-hybridized carbons (Fsp3) is 0.625. The number of aryl methyl sites for hydroxylation is 2. The van der Waals surface area contributed by atoms with Crippen molar-refractivity contribution in [1.29, 1.82) is 0 Å². The smallest absolute Gasteiger partial charge is 0.335 e. The van der Waals surface area contributed by atoms with Gasteiger partial charge in [0.25, 0.3) is 0 Å². The van der Waals surface area contributed by atoms with E-state index in [1.807, 2.05) is 12.1 Å². The van der Waals surface area contributed by atoms with Gasteiger partial charge in [-0.2, -0.15) is 0 Å². The molecule has 0 aliphatic heterocycles.